The molecule has 0 aliphatic rings. The van der Waals surface area contributed by atoms with Crippen LogP contribution in [0.1, 0.15) is 5.56 Å². The van der Waals surface area contributed by atoms with Crippen molar-refractivity contribution in [3.8, 4) is 5.75 Å². The minimum Gasteiger partial charge on any atom is -0.508 e. The van der Waals surface area contributed by atoms with Gasteiger partial charge in [-0.1, -0.05) is 12.7 Å². The molecule has 0 bridgehead atoms. The van der Waals surface area contributed by atoms with E-state index in [2.05, 4.69) is 16.9 Å². The predicted octanol–water partition coefficient (Wildman–Crippen LogP) is 2.33. The zero-order chi connectivity index (χ0) is 13.7. The van der Waals surface area contributed by atoms with Crippen LogP contribution in [-0.4, -0.2) is 29.3 Å². The Morgan fingerprint density at radius 1 is 1.53 bits per heavy atom. The highest BCUT2D eigenvalue weighted by molar-refractivity contribution is 5.84. The third kappa shape index (κ3) is 3.28. The normalized spacial score (nSPS) is 10.3. The second-order valence-corrected chi connectivity index (χ2v) is 4.11. The Kier molecular flexibility index (Phi) is 4.07. The summed E-state index contributed by atoms with van der Waals surface area (Å²) in [7, 11) is 0. The van der Waals surface area contributed by atoms with Gasteiger partial charge in [-0.2, -0.15) is 0 Å². The Morgan fingerprint density at radius 3 is 3.16 bits per heavy atom. The minimum absolute atomic E-state index is 0.201. The van der Waals surface area contributed by atoms with Crippen molar-refractivity contribution in [2.24, 2.45) is 0 Å². The third-order valence-electron chi connectivity index (χ3n) is 2.75. The summed E-state index contributed by atoms with van der Waals surface area (Å²) < 4.78 is 4.80. The first kappa shape index (κ1) is 13.0. The number of hydrogen-bond donors (Lipinski definition) is 3. The summed E-state index contributed by atoms with van der Waals surface area (Å²) in [6.07, 6.45) is 3.60. The van der Waals surface area contributed by atoms with Crippen LogP contribution in [0.2, 0.25) is 0 Å². The number of ether oxygens (including phenoxy) is 1. The number of phenolic OH excluding ortho intramolecular Hbond substituents is 1. The van der Waals surface area contributed by atoms with Crippen molar-refractivity contribution in [3.63, 3.8) is 0 Å². The van der Waals surface area contributed by atoms with Crippen molar-refractivity contribution < 1.29 is 14.6 Å². The molecule has 1 aromatic heterocycles. The van der Waals surface area contributed by atoms with E-state index in [0.29, 0.717) is 13.0 Å². The molecule has 0 radical (unpaired) electrons. The minimum atomic E-state index is -0.456. The Balaban J connectivity index is 1.93. The van der Waals surface area contributed by atoms with E-state index in [1.165, 1.54) is 6.08 Å². The average Bonchev–Trinajstić information content (AvgIpc) is 2.79. The number of rotatable bonds is 5. The number of aromatic amines is 1. The third-order valence-corrected chi connectivity index (χ3v) is 2.75. The van der Waals surface area contributed by atoms with E-state index >= 15 is 0 Å². The molecular weight excluding hydrogens is 244 g/mol. The Hall–Kier alpha value is -2.43. The first-order valence-electron chi connectivity index (χ1n) is 6.01. The molecule has 2 rings (SSSR count). The van der Waals surface area contributed by atoms with Crippen LogP contribution in [0, 0.1) is 0 Å². The molecule has 5 nitrogen and oxygen atoms in total. The lowest BCUT2D eigenvalue weighted by Gasteiger charge is -2.04. The fraction of sp³-hybridized carbons (Fsp3) is 0.214. The van der Waals surface area contributed by atoms with Crippen molar-refractivity contribution in [1.82, 2.24) is 10.3 Å². The molecule has 5 heteroatoms. The molecular formula is C14H16N2O3. The SMILES string of the molecule is C=CCOC(=O)NCCc1c[nH]c2ccc(O)cc12. The number of aromatic nitrogens is 1. The van der Waals surface area contributed by atoms with Crippen LogP contribution < -0.4 is 5.32 Å². The maximum Gasteiger partial charge on any atom is 0.407 e. The monoisotopic (exact) mass is 260 g/mol. The highest BCUT2D eigenvalue weighted by Gasteiger charge is 2.05. The largest absolute Gasteiger partial charge is 0.508 e. The molecule has 19 heavy (non-hydrogen) atoms. The van der Waals surface area contributed by atoms with E-state index < -0.39 is 6.09 Å². The lowest BCUT2D eigenvalue weighted by molar-refractivity contribution is 0.158. The molecule has 0 spiro atoms. The van der Waals surface area contributed by atoms with Gasteiger partial charge in [-0.15, -0.1) is 0 Å². The summed E-state index contributed by atoms with van der Waals surface area (Å²) in [6, 6.07) is 5.16. The van der Waals surface area contributed by atoms with Crippen LogP contribution in [0.4, 0.5) is 4.79 Å². The molecule has 100 valence electrons. The Bertz CT molecular complexity index is 589. The van der Waals surface area contributed by atoms with Crippen LogP contribution >= 0.6 is 0 Å². The number of phenols is 1. The number of benzene rings is 1. The molecule has 1 heterocycles. The lowest BCUT2D eigenvalue weighted by Crippen LogP contribution is -2.26. The van der Waals surface area contributed by atoms with Crippen LogP contribution in [0.15, 0.2) is 37.1 Å². The first-order valence-corrected chi connectivity index (χ1v) is 6.01. The lowest BCUT2D eigenvalue weighted by atomic mass is 10.1. The number of H-pyrrole nitrogens is 1. The van der Waals surface area contributed by atoms with Gasteiger partial charge < -0.3 is 20.1 Å². The molecule has 0 atom stereocenters. The summed E-state index contributed by atoms with van der Waals surface area (Å²) >= 11 is 0. The summed E-state index contributed by atoms with van der Waals surface area (Å²) in [5.41, 5.74) is 2.00. The van der Waals surface area contributed by atoms with Crippen molar-refractivity contribution in [3.05, 3.63) is 42.6 Å². The smallest absolute Gasteiger partial charge is 0.407 e. The molecule has 0 saturated heterocycles. The summed E-state index contributed by atoms with van der Waals surface area (Å²) in [5.74, 6) is 0.228. The standard InChI is InChI=1S/C14H16N2O3/c1-2-7-19-14(18)15-6-5-10-9-16-13-4-3-11(17)8-12(10)13/h2-4,8-9,16-17H,1,5-7H2,(H,15,18). The molecule has 0 aliphatic heterocycles. The Labute approximate surface area is 110 Å². The van der Waals surface area contributed by atoms with Crippen molar-refractivity contribution in [2.75, 3.05) is 13.2 Å². The van der Waals surface area contributed by atoms with Crippen LogP contribution in [0.5, 0.6) is 5.75 Å². The van der Waals surface area contributed by atoms with E-state index in [1.807, 2.05) is 12.3 Å². The second kappa shape index (κ2) is 5.95. The molecule has 1 amide bonds. The fourth-order valence-electron chi connectivity index (χ4n) is 1.86. The van der Waals surface area contributed by atoms with Gasteiger partial charge >= 0.3 is 6.09 Å². The van der Waals surface area contributed by atoms with Crippen LogP contribution in [0.3, 0.4) is 0 Å². The molecule has 0 unspecified atom stereocenters. The highest BCUT2D eigenvalue weighted by atomic mass is 16.5. The predicted molar refractivity (Wildman–Crippen MR) is 73.2 cm³/mol. The van der Waals surface area contributed by atoms with Crippen LogP contribution in [0.25, 0.3) is 10.9 Å². The number of nitrogens with one attached hydrogen (secondary N) is 2. The number of aromatic hydroxyl groups is 1. The fourth-order valence-corrected chi connectivity index (χ4v) is 1.86. The topological polar surface area (TPSA) is 74.3 Å². The van der Waals surface area contributed by atoms with E-state index in [0.717, 1.165) is 16.5 Å². The van der Waals surface area contributed by atoms with Crippen molar-refractivity contribution >= 4 is 17.0 Å². The van der Waals surface area contributed by atoms with Gasteiger partial charge in [-0.3, -0.25) is 0 Å². The maximum atomic E-state index is 11.2. The van der Waals surface area contributed by atoms with E-state index in [1.54, 1.807) is 12.1 Å². The molecule has 0 fully saturated rings. The zero-order valence-electron chi connectivity index (χ0n) is 10.5. The van der Waals surface area contributed by atoms with Gasteiger partial charge in [0.15, 0.2) is 0 Å². The summed E-state index contributed by atoms with van der Waals surface area (Å²) in [5, 5.41) is 13.1. The van der Waals surface area contributed by atoms with Crippen molar-refractivity contribution in [1.29, 1.82) is 0 Å². The number of carbonyl (C=O) groups excluding carboxylic acids is 1. The Morgan fingerprint density at radius 2 is 2.37 bits per heavy atom. The first-order chi connectivity index (χ1) is 9.20. The van der Waals surface area contributed by atoms with Gasteiger partial charge in [0.2, 0.25) is 0 Å². The van der Waals surface area contributed by atoms with E-state index in [4.69, 9.17) is 4.74 Å². The number of hydrogen-bond acceptors (Lipinski definition) is 3. The van der Waals surface area contributed by atoms with Crippen molar-refractivity contribution in [2.45, 2.75) is 6.42 Å². The van der Waals surface area contributed by atoms with Gasteiger partial charge in [0.25, 0.3) is 0 Å². The van der Waals surface area contributed by atoms with Crippen LogP contribution in [-0.2, 0) is 11.2 Å². The zero-order valence-corrected chi connectivity index (χ0v) is 10.5. The summed E-state index contributed by atoms with van der Waals surface area (Å²) in [4.78, 5) is 14.3. The second-order valence-electron chi connectivity index (χ2n) is 4.11. The molecule has 3 N–H and O–H groups in total. The summed E-state index contributed by atoms with van der Waals surface area (Å²) in [6.45, 7) is 4.14. The van der Waals surface area contributed by atoms with Gasteiger partial charge in [-0.05, 0) is 30.2 Å². The van der Waals surface area contributed by atoms with Gasteiger partial charge in [0.1, 0.15) is 12.4 Å². The van der Waals surface area contributed by atoms with E-state index in [-0.39, 0.29) is 12.4 Å². The quantitative estimate of drug-likeness (QED) is 0.722. The highest BCUT2D eigenvalue weighted by Crippen LogP contribution is 2.22. The number of fused-ring (bicyclic) bond motifs is 1. The molecule has 1 aromatic carbocycles. The van der Waals surface area contributed by atoms with Gasteiger partial charge in [0, 0.05) is 23.6 Å². The number of alkyl carbamates (subject to hydrolysis) is 1. The maximum absolute atomic E-state index is 11.2. The molecule has 0 saturated carbocycles. The molecule has 2 aromatic rings. The number of amides is 1. The van der Waals surface area contributed by atoms with E-state index in [9.17, 15) is 9.90 Å². The average molecular weight is 260 g/mol. The molecule has 0 aliphatic carbocycles. The number of carbonyl (C=O) groups is 1. The van der Waals surface area contributed by atoms with Gasteiger partial charge in [0.05, 0.1) is 0 Å². The van der Waals surface area contributed by atoms with Gasteiger partial charge in [-0.25, -0.2) is 4.79 Å².